The smallest absolute Gasteiger partial charge is 0.258 e. The van der Waals surface area contributed by atoms with E-state index in [1.807, 2.05) is 12.1 Å². The van der Waals surface area contributed by atoms with Crippen LogP contribution in [0.1, 0.15) is 24.0 Å². The lowest BCUT2D eigenvalue weighted by atomic mass is 9.75. The zero-order valence-electron chi connectivity index (χ0n) is 14.0. The Morgan fingerprint density at radius 1 is 1.00 bits per heavy atom. The Balaban J connectivity index is 1.61. The first-order chi connectivity index (χ1) is 12.4. The summed E-state index contributed by atoms with van der Waals surface area (Å²) >= 11 is 0. The van der Waals surface area contributed by atoms with E-state index in [1.54, 1.807) is 0 Å². The van der Waals surface area contributed by atoms with E-state index in [-0.39, 0.29) is 16.0 Å². The van der Waals surface area contributed by atoms with Gasteiger partial charge in [-0.15, -0.1) is 0 Å². The lowest BCUT2D eigenvalue weighted by Crippen LogP contribution is -2.44. The molecule has 2 aliphatic rings. The molecule has 0 radical (unpaired) electrons. The van der Waals surface area contributed by atoms with Gasteiger partial charge in [0.25, 0.3) is 5.69 Å². The summed E-state index contributed by atoms with van der Waals surface area (Å²) in [5.74, 6) is 0. The zero-order valence-corrected chi connectivity index (χ0v) is 14.9. The minimum absolute atomic E-state index is 0.134. The maximum atomic E-state index is 13.0. The molecular formula is C19H18N2O4S. The first-order valence-corrected chi connectivity index (χ1v) is 9.90. The van der Waals surface area contributed by atoms with Gasteiger partial charge in [-0.2, -0.15) is 4.31 Å². The molecule has 1 saturated heterocycles. The first kappa shape index (κ1) is 16.9. The van der Waals surface area contributed by atoms with Crippen molar-refractivity contribution in [1.29, 1.82) is 0 Å². The molecule has 0 aromatic heterocycles. The molecule has 2 aromatic rings. The molecule has 6 nitrogen and oxygen atoms in total. The van der Waals surface area contributed by atoms with Gasteiger partial charge in [0.1, 0.15) is 0 Å². The summed E-state index contributed by atoms with van der Waals surface area (Å²) < 4.78 is 27.3. The number of benzene rings is 2. The summed E-state index contributed by atoms with van der Waals surface area (Å²) in [4.78, 5) is 10.3. The monoisotopic (exact) mass is 370 g/mol. The van der Waals surface area contributed by atoms with Gasteiger partial charge in [-0.3, -0.25) is 10.1 Å². The molecule has 0 saturated carbocycles. The number of piperidine rings is 1. The molecule has 0 N–H and O–H groups in total. The molecule has 1 heterocycles. The van der Waals surface area contributed by atoms with E-state index >= 15 is 0 Å². The predicted octanol–water partition coefficient (Wildman–Crippen LogP) is 3.34. The van der Waals surface area contributed by atoms with Crippen LogP contribution >= 0.6 is 0 Å². The third kappa shape index (κ3) is 2.55. The molecule has 0 atom stereocenters. The van der Waals surface area contributed by atoms with Crippen molar-refractivity contribution >= 4 is 21.8 Å². The largest absolute Gasteiger partial charge is 0.289 e. The number of allylic oxidation sites excluding steroid dienone is 1. The van der Waals surface area contributed by atoms with E-state index in [1.165, 1.54) is 39.7 Å². The van der Waals surface area contributed by atoms with E-state index in [0.717, 1.165) is 0 Å². The van der Waals surface area contributed by atoms with E-state index in [9.17, 15) is 18.5 Å². The van der Waals surface area contributed by atoms with Gasteiger partial charge < -0.3 is 0 Å². The summed E-state index contributed by atoms with van der Waals surface area (Å²) in [7, 11) is -3.89. The molecule has 7 heteroatoms. The van der Waals surface area contributed by atoms with Crippen molar-refractivity contribution in [2.75, 3.05) is 13.1 Å². The minimum Gasteiger partial charge on any atom is -0.258 e. The molecule has 0 amide bonds. The van der Waals surface area contributed by atoms with Crippen LogP contribution in [0.15, 0.2) is 59.5 Å². The van der Waals surface area contributed by atoms with Crippen LogP contribution in [0.25, 0.3) is 6.08 Å². The molecular weight excluding hydrogens is 352 g/mol. The summed E-state index contributed by atoms with van der Waals surface area (Å²) in [6, 6.07) is 13.7. The average molecular weight is 370 g/mol. The van der Waals surface area contributed by atoms with Crippen molar-refractivity contribution in [3.63, 3.8) is 0 Å². The first-order valence-electron chi connectivity index (χ1n) is 8.46. The molecule has 1 aliphatic heterocycles. The highest BCUT2D eigenvalue weighted by atomic mass is 32.2. The molecule has 1 fully saturated rings. The summed E-state index contributed by atoms with van der Waals surface area (Å²) in [6.07, 6.45) is 5.61. The maximum Gasteiger partial charge on any atom is 0.289 e. The number of nitro groups is 1. The molecule has 1 aliphatic carbocycles. The van der Waals surface area contributed by atoms with E-state index < -0.39 is 14.9 Å². The van der Waals surface area contributed by atoms with Gasteiger partial charge >= 0.3 is 0 Å². The van der Waals surface area contributed by atoms with Gasteiger partial charge in [0.05, 0.1) is 4.92 Å². The molecule has 0 unspecified atom stereocenters. The number of para-hydroxylation sites is 1. The second-order valence-corrected chi connectivity index (χ2v) is 8.61. The van der Waals surface area contributed by atoms with Crippen molar-refractivity contribution in [3.05, 3.63) is 75.8 Å². The fourth-order valence-electron chi connectivity index (χ4n) is 3.96. The summed E-state index contributed by atoms with van der Waals surface area (Å²) in [6.45, 7) is 0.681. The summed E-state index contributed by atoms with van der Waals surface area (Å²) in [5.41, 5.74) is 1.91. The SMILES string of the molecule is O=[N+]([O-])c1ccccc1S(=O)(=O)N1CCC2(C=Cc3ccccc32)CC1. The van der Waals surface area contributed by atoms with Gasteiger partial charge in [0, 0.05) is 24.6 Å². The van der Waals surface area contributed by atoms with Gasteiger partial charge in [-0.1, -0.05) is 48.6 Å². The Kier molecular flexibility index (Phi) is 3.93. The molecule has 2 aromatic carbocycles. The van der Waals surface area contributed by atoms with Crippen LogP contribution in [-0.2, 0) is 15.4 Å². The van der Waals surface area contributed by atoms with E-state index in [4.69, 9.17) is 0 Å². The van der Waals surface area contributed by atoms with Crippen molar-refractivity contribution in [2.45, 2.75) is 23.2 Å². The van der Waals surface area contributed by atoms with Gasteiger partial charge in [-0.25, -0.2) is 8.42 Å². The van der Waals surface area contributed by atoms with Gasteiger partial charge in [-0.05, 0) is 30.0 Å². The quantitative estimate of drug-likeness (QED) is 0.613. The number of nitro benzene ring substituents is 1. The summed E-state index contributed by atoms with van der Waals surface area (Å²) in [5, 5.41) is 11.2. The average Bonchev–Trinajstić information content (AvgIpc) is 3.01. The Morgan fingerprint density at radius 3 is 2.38 bits per heavy atom. The Labute approximate surface area is 152 Å². The molecule has 4 rings (SSSR count). The third-order valence-corrected chi connectivity index (χ3v) is 7.32. The van der Waals surface area contributed by atoms with Crippen LogP contribution in [-0.4, -0.2) is 30.7 Å². The fraction of sp³-hybridized carbons (Fsp3) is 0.263. The number of rotatable bonds is 3. The van der Waals surface area contributed by atoms with E-state index in [2.05, 4.69) is 24.3 Å². The van der Waals surface area contributed by atoms with Crippen LogP contribution in [0.4, 0.5) is 5.69 Å². The van der Waals surface area contributed by atoms with Crippen molar-refractivity contribution in [2.24, 2.45) is 0 Å². The molecule has 134 valence electrons. The van der Waals surface area contributed by atoms with Crippen LogP contribution < -0.4 is 0 Å². The van der Waals surface area contributed by atoms with Gasteiger partial charge in [0.15, 0.2) is 4.90 Å². The number of hydrogen-bond donors (Lipinski definition) is 0. The Bertz CT molecular complexity index is 1010. The van der Waals surface area contributed by atoms with Crippen molar-refractivity contribution < 1.29 is 13.3 Å². The molecule has 1 spiro atoms. The second kappa shape index (κ2) is 6.03. The lowest BCUT2D eigenvalue weighted by Gasteiger charge is -2.38. The molecule has 0 bridgehead atoms. The normalized spacial score (nSPS) is 18.8. The van der Waals surface area contributed by atoms with Crippen molar-refractivity contribution in [3.8, 4) is 0 Å². The highest BCUT2D eigenvalue weighted by Crippen LogP contribution is 2.44. The van der Waals surface area contributed by atoms with Gasteiger partial charge in [0.2, 0.25) is 10.0 Å². The van der Waals surface area contributed by atoms with Crippen LogP contribution in [0.3, 0.4) is 0 Å². The van der Waals surface area contributed by atoms with Crippen molar-refractivity contribution in [1.82, 2.24) is 4.31 Å². The van der Waals surface area contributed by atoms with Crippen LogP contribution in [0.5, 0.6) is 0 Å². The highest BCUT2D eigenvalue weighted by Gasteiger charge is 2.42. The maximum absolute atomic E-state index is 13.0. The number of nitrogens with zero attached hydrogens (tertiary/aromatic N) is 2. The predicted molar refractivity (Wildman–Crippen MR) is 98.2 cm³/mol. The van der Waals surface area contributed by atoms with Crippen LogP contribution in [0, 0.1) is 10.1 Å². The lowest BCUT2D eigenvalue weighted by molar-refractivity contribution is -0.387. The topological polar surface area (TPSA) is 80.5 Å². The Hall–Kier alpha value is -2.51. The minimum atomic E-state index is -3.89. The number of fused-ring (bicyclic) bond motifs is 2. The van der Waals surface area contributed by atoms with E-state index in [0.29, 0.717) is 25.9 Å². The number of hydrogen-bond acceptors (Lipinski definition) is 4. The fourth-order valence-corrected chi connectivity index (χ4v) is 5.56. The highest BCUT2D eigenvalue weighted by molar-refractivity contribution is 7.89. The third-order valence-electron chi connectivity index (χ3n) is 5.37. The van der Waals surface area contributed by atoms with Crippen LogP contribution in [0.2, 0.25) is 0 Å². The molecule has 26 heavy (non-hydrogen) atoms. The Morgan fingerprint density at radius 2 is 1.65 bits per heavy atom. The zero-order chi connectivity index (χ0) is 18.4. The standard InChI is InChI=1S/C19H18N2O4S/c22-21(23)17-7-3-4-8-18(17)26(24,25)20-13-11-19(12-14-20)10-9-15-5-1-2-6-16(15)19/h1-10H,11-14H2. The number of sulfonamides is 1. The second-order valence-electron chi connectivity index (χ2n) is 6.71.